The Bertz CT molecular complexity index is 1150. The largest absolute Gasteiger partial charge is 0.496 e. The molecule has 162 valence electrons. The van der Waals surface area contributed by atoms with Crippen LogP contribution >= 0.6 is 11.6 Å². The van der Waals surface area contributed by atoms with Gasteiger partial charge in [-0.15, -0.1) is 0 Å². The van der Waals surface area contributed by atoms with Gasteiger partial charge in [-0.05, 0) is 18.2 Å². The number of morpholine rings is 1. The summed E-state index contributed by atoms with van der Waals surface area (Å²) in [4.78, 5) is 23.7. The highest BCUT2D eigenvalue weighted by molar-refractivity contribution is 6.30. The van der Waals surface area contributed by atoms with Gasteiger partial charge in [0.1, 0.15) is 11.9 Å². The monoisotopic (exact) mass is 442 g/mol. The first-order valence-corrected chi connectivity index (χ1v) is 10.2. The van der Waals surface area contributed by atoms with Gasteiger partial charge >= 0.3 is 0 Å². The van der Waals surface area contributed by atoms with E-state index in [9.17, 15) is 4.79 Å². The van der Waals surface area contributed by atoms with E-state index in [0.717, 1.165) is 11.1 Å². The van der Waals surface area contributed by atoms with Gasteiger partial charge in [0, 0.05) is 48.1 Å². The number of rotatable bonds is 5. The van der Waals surface area contributed by atoms with Crippen LogP contribution in [0.3, 0.4) is 0 Å². The number of aromatic nitrogens is 3. The summed E-state index contributed by atoms with van der Waals surface area (Å²) in [6.07, 6.45) is 1.38. The summed E-state index contributed by atoms with van der Waals surface area (Å²) in [6.45, 7) is 1.61. The van der Waals surface area contributed by atoms with E-state index in [1.807, 2.05) is 17.0 Å². The molecule has 0 N–H and O–H groups in total. The molecule has 1 aliphatic heterocycles. The quantitative estimate of drug-likeness (QED) is 0.600. The predicted octanol–water partition coefficient (Wildman–Crippen LogP) is 3.09. The smallest absolute Gasteiger partial charge is 0.255 e. The average Bonchev–Trinajstić information content (AvgIpc) is 2.80. The van der Waals surface area contributed by atoms with E-state index in [4.69, 9.17) is 30.8 Å². The lowest BCUT2D eigenvalue weighted by atomic mass is 10.1. The molecule has 3 heterocycles. The van der Waals surface area contributed by atoms with Gasteiger partial charge < -0.3 is 19.1 Å². The molecule has 0 amide bonds. The number of nitrogens with zero attached hydrogens (tertiary/aromatic N) is 4. The lowest BCUT2D eigenvalue weighted by Gasteiger charge is -2.35. The average molecular weight is 443 g/mol. The van der Waals surface area contributed by atoms with Gasteiger partial charge in [-0.1, -0.05) is 17.7 Å². The van der Waals surface area contributed by atoms with E-state index < -0.39 is 0 Å². The fourth-order valence-electron chi connectivity index (χ4n) is 3.61. The van der Waals surface area contributed by atoms with E-state index in [0.29, 0.717) is 48.0 Å². The number of hydrogen-bond acceptors (Lipinski definition) is 7. The molecule has 1 aromatic carbocycles. The molecule has 1 aliphatic rings. The van der Waals surface area contributed by atoms with Crippen LogP contribution in [0, 0.1) is 0 Å². The second kappa shape index (κ2) is 8.95. The molecule has 31 heavy (non-hydrogen) atoms. The fraction of sp³-hybridized carbons (Fsp3) is 0.318. The Morgan fingerprint density at radius 1 is 1.16 bits per heavy atom. The number of pyridine rings is 1. The molecule has 0 saturated carbocycles. The third-order valence-corrected chi connectivity index (χ3v) is 5.48. The van der Waals surface area contributed by atoms with E-state index in [-0.39, 0.29) is 11.7 Å². The van der Waals surface area contributed by atoms with Crippen molar-refractivity contribution in [1.29, 1.82) is 0 Å². The third-order valence-electron chi connectivity index (χ3n) is 5.24. The zero-order valence-corrected chi connectivity index (χ0v) is 18.3. The Morgan fingerprint density at radius 3 is 2.77 bits per heavy atom. The van der Waals surface area contributed by atoms with E-state index in [2.05, 4.69) is 4.98 Å². The van der Waals surface area contributed by atoms with Crippen molar-refractivity contribution < 1.29 is 14.2 Å². The minimum atomic E-state index is -0.248. The van der Waals surface area contributed by atoms with Gasteiger partial charge in [0.15, 0.2) is 0 Å². The molecule has 0 unspecified atom stereocenters. The molecular weight excluding hydrogens is 420 g/mol. The zero-order chi connectivity index (χ0) is 22.0. The Hall–Kier alpha value is -3.10. The van der Waals surface area contributed by atoms with Gasteiger partial charge in [-0.2, -0.15) is 0 Å². The molecule has 1 saturated heterocycles. The maximum absolute atomic E-state index is 12.7. The van der Waals surface area contributed by atoms with Crippen molar-refractivity contribution in [3.8, 4) is 22.9 Å². The summed E-state index contributed by atoms with van der Waals surface area (Å²) in [5.74, 6) is 1.70. The zero-order valence-electron chi connectivity index (χ0n) is 17.5. The summed E-state index contributed by atoms with van der Waals surface area (Å²) in [7, 11) is 4.87. The van der Waals surface area contributed by atoms with Crippen molar-refractivity contribution in [2.45, 2.75) is 6.10 Å². The Labute approximate surface area is 185 Å². The van der Waals surface area contributed by atoms with Crippen LogP contribution in [-0.4, -0.2) is 48.5 Å². The topological polar surface area (TPSA) is 78.7 Å². The summed E-state index contributed by atoms with van der Waals surface area (Å²) < 4.78 is 18.2. The van der Waals surface area contributed by atoms with Crippen LogP contribution in [0.5, 0.6) is 11.6 Å². The molecule has 0 radical (unpaired) electrons. The third kappa shape index (κ3) is 4.35. The molecule has 1 fully saturated rings. The number of methoxy groups -OCH3 is 2. The fourth-order valence-corrected chi connectivity index (χ4v) is 3.77. The van der Waals surface area contributed by atoms with Gasteiger partial charge in [-0.25, -0.2) is 9.97 Å². The molecule has 3 aromatic rings. The SMILES string of the molecule is COc1cc(-c2cc(=O)n(C)c(N3CCO[C@@H](c4ccc(Cl)cc4OC)C3)n2)ccn1. The van der Waals surface area contributed by atoms with E-state index >= 15 is 0 Å². The van der Waals surface area contributed by atoms with Crippen molar-refractivity contribution in [2.24, 2.45) is 7.05 Å². The van der Waals surface area contributed by atoms with Crippen LogP contribution in [0.15, 0.2) is 47.4 Å². The normalized spacial score (nSPS) is 16.3. The molecule has 4 rings (SSSR count). The molecule has 0 aliphatic carbocycles. The number of halogens is 1. The predicted molar refractivity (Wildman–Crippen MR) is 118 cm³/mol. The van der Waals surface area contributed by atoms with Crippen molar-refractivity contribution in [3.05, 3.63) is 63.5 Å². The minimum Gasteiger partial charge on any atom is -0.496 e. The summed E-state index contributed by atoms with van der Waals surface area (Å²) in [5, 5.41) is 0.595. The van der Waals surface area contributed by atoms with Gasteiger partial charge in [0.2, 0.25) is 11.8 Å². The van der Waals surface area contributed by atoms with Gasteiger partial charge in [0.25, 0.3) is 5.56 Å². The summed E-state index contributed by atoms with van der Waals surface area (Å²) in [5.41, 5.74) is 2.07. The summed E-state index contributed by atoms with van der Waals surface area (Å²) in [6, 6.07) is 10.6. The van der Waals surface area contributed by atoms with Crippen LogP contribution in [0.2, 0.25) is 5.02 Å². The number of benzene rings is 1. The molecule has 9 heteroatoms. The van der Waals surface area contributed by atoms with E-state index in [1.165, 1.54) is 6.07 Å². The minimum absolute atomic E-state index is 0.150. The molecule has 0 spiro atoms. The van der Waals surface area contributed by atoms with Crippen LogP contribution < -0.4 is 19.9 Å². The van der Waals surface area contributed by atoms with Gasteiger partial charge in [0.05, 0.1) is 33.1 Å². The second-order valence-electron chi connectivity index (χ2n) is 7.12. The first-order chi connectivity index (χ1) is 15.0. The van der Waals surface area contributed by atoms with Crippen molar-refractivity contribution >= 4 is 17.5 Å². The van der Waals surface area contributed by atoms with Crippen molar-refractivity contribution in [1.82, 2.24) is 14.5 Å². The summed E-state index contributed by atoms with van der Waals surface area (Å²) >= 11 is 6.10. The highest BCUT2D eigenvalue weighted by Gasteiger charge is 2.27. The first kappa shape index (κ1) is 21.1. The van der Waals surface area contributed by atoms with Gasteiger partial charge in [-0.3, -0.25) is 9.36 Å². The molecule has 1 atom stereocenters. The Kier molecular flexibility index (Phi) is 6.11. The second-order valence-corrected chi connectivity index (χ2v) is 7.55. The molecule has 2 aromatic heterocycles. The van der Waals surface area contributed by atoms with Crippen LogP contribution in [-0.2, 0) is 11.8 Å². The molecule has 0 bridgehead atoms. The van der Waals surface area contributed by atoms with Crippen molar-refractivity contribution in [2.75, 3.05) is 38.8 Å². The number of anilines is 1. The van der Waals surface area contributed by atoms with Crippen LogP contribution in [0.25, 0.3) is 11.3 Å². The van der Waals surface area contributed by atoms with Crippen LogP contribution in [0.1, 0.15) is 11.7 Å². The number of hydrogen-bond donors (Lipinski definition) is 0. The Balaban J connectivity index is 1.69. The molecule has 8 nitrogen and oxygen atoms in total. The lowest BCUT2D eigenvalue weighted by molar-refractivity contribution is 0.0374. The number of ether oxygens (including phenoxy) is 3. The maximum Gasteiger partial charge on any atom is 0.255 e. The maximum atomic E-state index is 12.7. The molecular formula is C22H23ClN4O4. The lowest BCUT2D eigenvalue weighted by Crippen LogP contribution is -2.41. The first-order valence-electron chi connectivity index (χ1n) is 9.78. The van der Waals surface area contributed by atoms with Crippen LogP contribution in [0.4, 0.5) is 5.95 Å². The highest BCUT2D eigenvalue weighted by Crippen LogP contribution is 2.33. The standard InChI is InChI=1S/C22H23ClN4O4/c1-26-21(28)12-17(14-6-7-24-20(10-14)30-3)25-22(26)27-8-9-31-19(13-27)16-5-4-15(23)11-18(16)29-2/h4-7,10-12,19H,8-9,13H2,1-3H3/t19-/m1/s1. The van der Waals surface area contributed by atoms with E-state index in [1.54, 1.807) is 50.2 Å². The highest BCUT2D eigenvalue weighted by atomic mass is 35.5. The van der Waals surface area contributed by atoms with Crippen molar-refractivity contribution in [3.63, 3.8) is 0 Å². The Morgan fingerprint density at radius 2 is 2.00 bits per heavy atom.